The highest BCUT2D eigenvalue weighted by Gasteiger charge is 2.52. The molecule has 0 radical (unpaired) electrons. The molecular weight excluding hydrogens is 398 g/mol. The van der Waals surface area contributed by atoms with Crippen molar-refractivity contribution >= 4 is 34.8 Å². The van der Waals surface area contributed by atoms with Gasteiger partial charge in [0.2, 0.25) is 5.78 Å². The molecule has 1 amide bonds. The number of nitrogens with zero attached hydrogens (tertiary/aromatic N) is 1. The average molecular weight is 418 g/mol. The number of hydrogen-bond acceptors (Lipinski definition) is 3. The summed E-state index contributed by atoms with van der Waals surface area (Å²) < 4.78 is 0. The normalized spacial score (nSPS) is 18.7. The van der Waals surface area contributed by atoms with Crippen molar-refractivity contribution in [3.63, 3.8) is 0 Å². The number of rotatable bonds is 5. The Labute approximate surface area is 180 Å². The van der Waals surface area contributed by atoms with Crippen molar-refractivity contribution in [3.05, 3.63) is 101 Å². The summed E-state index contributed by atoms with van der Waals surface area (Å²) >= 11 is 6.04. The van der Waals surface area contributed by atoms with Gasteiger partial charge in [-0.05, 0) is 41.8 Å². The van der Waals surface area contributed by atoms with E-state index in [1.807, 2.05) is 25.1 Å². The first-order chi connectivity index (χ1) is 14.5. The topological polar surface area (TPSA) is 54.5 Å². The lowest BCUT2D eigenvalue weighted by atomic mass is 9.86. The number of anilines is 1. The highest BCUT2D eigenvalue weighted by Crippen LogP contribution is 2.41. The average Bonchev–Trinajstić information content (AvgIpc) is 3.05. The van der Waals surface area contributed by atoms with Crippen molar-refractivity contribution < 1.29 is 14.4 Å². The molecule has 2 unspecified atom stereocenters. The maximum absolute atomic E-state index is 13.4. The van der Waals surface area contributed by atoms with E-state index in [0.717, 1.165) is 12.0 Å². The second kappa shape index (κ2) is 8.25. The molecule has 4 rings (SSSR count). The Hall–Kier alpha value is -3.24. The third-order valence-electron chi connectivity index (χ3n) is 5.48. The van der Waals surface area contributed by atoms with Crippen LogP contribution in [0, 0.1) is 5.92 Å². The predicted octanol–water partition coefficient (Wildman–Crippen LogP) is 5.06. The van der Waals surface area contributed by atoms with Crippen molar-refractivity contribution in [2.75, 3.05) is 4.90 Å². The van der Waals surface area contributed by atoms with Gasteiger partial charge in [0.1, 0.15) is 5.92 Å². The number of carbonyl (C=O) groups excluding carboxylic acids is 3. The van der Waals surface area contributed by atoms with Crippen LogP contribution in [0.25, 0.3) is 0 Å². The summed E-state index contributed by atoms with van der Waals surface area (Å²) in [4.78, 5) is 40.9. The van der Waals surface area contributed by atoms with Crippen molar-refractivity contribution in [1.82, 2.24) is 0 Å². The summed E-state index contributed by atoms with van der Waals surface area (Å²) in [7, 11) is 0. The number of amides is 1. The van der Waals surface area contributed by atoms with E-state index in [4.69, 9.17) is 11.6 Å². The van der Waals surface area contributed by atoms with Crippen molar-refractivity contribution in [2.45, 2.75) is 19.4 Å². The highest BCUT2D eigenvalue weighted by atomic mass is 35.5. The summed E-state index contributed by atoms with van der Waals surface area (Å²) in [6, 6.07) is 22.3. The first-order valence-corrected chi connectivity index (χ1v) is 10.2. The van der Waals surface area contributed by atoms with Gasteiger partial charge in [-0.2, -0.15) is 0 Å². The molecule has 1 fully saturated rings. The summed E-state index contributed by atoms with van der Waals surface area (Å²) in [5.41, 5.74) is 2.78. The third-order valence-corrected chi connectivity index (χ3v) is 5.73. The summed E-state index contributed by atoms with van der Waals surface area (Å²) in [6.07, 6.45) is 0.852. The first kappa shape index (κ1) is 20.0. The molecule has 0 spiro atoms. The van der Waals surface area contributed by atoms with E-state index in [1.54, 1.807) is 60.7 Å². The molecule has 3 aromatic rings. The summed E-state index contributed by atoms with van der Waals surface area (Å²) in [5, 5.41) is 0.540. The van der Waals surface area contributed by atoms with Gasteiger partial charge in [0.15, 0.2) is 5.78 Å². The molecule has 150 valence electrons. The molecule has 5 heteroatoms. The molecule has 3 aromatic carbocycles. The largest absolute Gasteiger partial charge is 0.297 e. The lowest BCUT2D eigenvalue weighted by Crippen LogP contribution is -2.30. The zero-order valence-electron chi connectivity index (χ0n) is 16.4. The summed E-state index contributed by atoms with van der Waals surface area (Å²) in [5.74, 6) is -2.84. The Morgan fingerprint density at radius 2 is 1.53 bits per heavy atom. The van der Waals surface area contributed by atoms with Gasteiger partial charge in [0.05, 0.1) is 6.04 Å². The van der Waals surface area contributed by atoms with Gasteiger partial charge in [0, 0.05) is 16.3 Å². The summed E-state index contributed by atoms with van der Waals surface area (Å²) in [6.45, 7) is 2.03. The monoisotopic (exact) mass is 417 g/mol. The Balaban J connectivity index is 1.82. The van der Waals surface area contributed by atoms with E-state index >= 15 is 0 Å². The standard InChI is InChI=1S/C25H20ClNO3/c1-2-16-8-10-18(11-9-16)23(28)21-22(17-12-14-19(26)15-13-17)27(25(30)24(21)29)20-6-4-3-5-7-20/h3-15,21-22H,2H2,1H3. The van der Waals surface area contributed by atoms with Gasteiger partial charge in [-0.3, -0.25) is 19.3 Å². The molecule has 2 atom stereocenters. The van der Waals surface area contributed by atoms with E-state index in [2.05, 4.69) is 0 Å². The lowest BCUT2D eigenvalue weighted by Gasteiger charge is -2.27. The first-order valence-electron chi connectivity index (χ1n) is 9.82. The number of carbonyl (C=O) groups is 3. The van der Waals surface area contributed by atoms with Crippen LogP contribution >= 0.6 is 11.6 Å². The van der Waals surface area contributed by atoms with Crippen molar-refractivity contribution in [1.29, 1.82) is 0 Å². The minimum Gasteiger partial charge on any atom is -0.297 e. The Morgan fingerprint density at radius 3 is 2.13 bits per heavy atom. The number of halogens is 1. The molecule has 4 nitrogen and oxygen atoms in total. The quantitative estimate of drug-likeness (QED) is 0.331. The van der Waals surface area contributed by atoms with Crippen LogP contribution in [0.3, 0.4) is 0 Å². The van der Waals surface area contributed by atoms with Gasteiger partial charge in [-0.25, -0.2) is 0 Å². The van der Waals surface area contributed by atoms with Crippen LogP contribution in [0.1, 0.15) is 34.5 Å². The van der Waals surface area contributed by atoms with E-state index in [-0.39, 0.29) is 5.78 Å². The molecule has 0 aliphatic carbocycles. The SMILES string of the molecule is CCc1ccc(C(=O)C2C(=O)C(=O)N(c3ccccc3)C2c2ccc(Cl)cc2)cc1. The molecule has 0 N–H and O–H groups in total. The number of para-hydroxylation sites is 1. The van der Waals surface area contributed by atoms with E-state index in [1.165, 1.54) is 4.90 Å². The van der Waals surface area contributed by atoms with Crippen LogP contribution < -0.4 is 4.90 Å². The van der Waals surface area contributed by atoms with Crippen molar-refractivity contribution in [3.8, 4) is 0 Å². The van der Waals surface area contributed by atoms with Crippen LogP contribution in [0.2, 0.25) is 5.02 Å². The molecule has 0 saturated carbocycles. The molecule has 1 saturated heterocycles. The molecule has 0 aromatic heterocycles. The maximum Gasteiger partial charge on any atom is 0.295 e. The number of aryl methyl sites for hydroxylation is 1. The van der Waals surface area contributed by atoms with Crippen LogP contribution in [0.4, 0.5) is 5.69 Å². The van der Waals surface area contributed by atoms with Crippen LogP contribution in [-0.4, -0.2) is 17.5 Å². The van der Waals surface area contributed by atoms with E-state index < -0.39 is 23.7 Å². The zero-order chi connectivity index (χ0) is 21.3. The maximum atomic E-state index is 13.4. The number of hydrogen-bond donors (Lipinski definition) is 0. The van der Waals surface area contributed by atoms with Crippen molar-refractivity contribution in [2.24, 2.45) is 5.92 Å². The second-order valence-electron chi connectivity index (χ2n) is 7.26. The Bertz CT molecular complexity index is 1090. The fraction of sp³-hybridized carbons (Fsp3) is 0.160. The van der Waals surface area contributed by atoms with E-state index in [0.29, 0.717) is 21.8 Å². The fourth-order valence-corrected chi connectivity index (χ4v) is 4.01. The number of Topliss-reactive ketones (excluding diaryl/α,β-unsaturated/α-hetero) is 2. The molecular formula is C25H20ClNO3. The Morgan fingerprint density at radius 1 is 0.900 bits per heavy atom. The minimum absolute atomic E-state index is 0.352. The van der Waals surface area contributed by atoms with Gasteiger partial charge in [-0.1, -0.05) is 73.1 Å². The highest BCUT2D eigenvalue weighted by molar-refractivity contribution is 6.49. The molecule has 1 aliphatic heterocycles. The van der Waals surface area contributed by atoms with Crippen LogP contribution in [0.15, 0.2) is 78.9 Å². The number of benzene rings is 3. The van der Waals surface area contributed by atoms with Crippen LogP contribution in [-0.2, 0) is 16.0 Å². The zero-order valence-corrected chi connectivity index (χ0v) is 17.2. The van der Waals surface area contributed by atoms with Gasteiger partial charge in [0.25, 0.3) is 5.91 Å². The fourth-order valence-electron chi connectivity index (χ4n) is 3.89. The predicted molar refractivity (Wildman–Crippen MR) is 117 cm³/mol. The number of ketones is 2. The van der Waals surface area contributed by atoms with Gasteiger partial charge >= 0.3 is 0 Å². The molecule has 1 heterocycles. The molecule has 0 bridgehead atoms. The van der Waals surface area contributed by atoms with Gasteiger partial charge < -0.3 is 0 Å². The third kappa shape index (κ3) is 3.55. The minimum atomic E-state index is -1.12. The van der Waals surface area contributed by atoms with Gasteiger partial charge in [-0.15, -0.1) is 0 Å². The van der Waals surface area contributed by atoms with E-state index in [9.17, 15) is 14.4 Å². The molecule has 1 aliphatic rings. The Kier molecular flexibility index (Phi) is 5.51. The van der Waals surface area contributed by atoms with Crippen LogP contribution in [0.5, 0.6) is 0 Å². The second-order valence-corrected chi connectivity index (χ2v) is 7.70. The smallest absolute Gasteiger partial charge is 0.295 e. The molecule has 30 heavy (non-hydrogen) atoms. The lowest BCUT2D eigenvalue weighted by molar-refractivity contribution is -0.135.